The average molecular weight is 272 g/mol. The fourth-order valence-electron chi connectivity index (χ4n) is 3.52. The fourth-order valence-corrected chi connectivity index (χ4v) is 3.52. The van der Waals surface area contributed by atoms with Crippen molar-refractivity contribution in [2.24, 2.45) is 5.92 Å². The molecule has 1 N–H and O–H groups in total. The van der Waals surface area contributed by atoms with E-state index in [0.29, 0.717) is 6.04 Å². The van der Waals surface area contributed by atoms with Crippen molar-refractivity contribution in [3.63, 3.8) is 0 Å². The molecule has 1 saturated heterocycles. The van der Waals surface area contributed by atoms with E-state index in [1.54, 1.807) is 0 Å². The number of carbonyl (C=O) groups excluding carboxylic acids is 1. The molecular weight excluding hydrogens is 248 g/mol. The molecule has 1 aromatic rings. The molecule has 108 valence electrons. The summed E-state index contributed by atoms with van der Waals surface area (Å²) in [4.78, 5) is 14.7. The maximum absolute atomic E-state index is 12.6. The monoisotopic (exact) mass is 272 g/mol. The zero-order valence-electron chi connectivity index (χ0n) is 12.6. The molecule has 1 aliphatic heterocycles. The van der Waals surface area contributed by atoms with Gasteiger partial charge in [-0.2, -0.15) is 0 Å². The summed E-state index contributed by atoms with van der Waals surface area (Å²) in [5, 5.41) is 3.52. The molecule has 2 aliphatic rings. The first-order chi connectivity index (χ1) is 9.60. The molecule has 1 amide bonds. The summed E-state index contributed by atoms with van der Waals surface area (Å²) in [7, 11) is 0. The molecule has 0 radical (unpaired) electrons. The number of hydrogen-bond acceptors (Lipinski definition) is 2. The molecule has 1 saturated carbocycles. The molecule has 1 aromatic carbocycles. The van der Waals surface area contributed by atoms with Gasteiger partial charge in [-0.1, -0.05) is 43.7 Å². The van der Waals surface area contributed by atoms with E-state index in [4.69, 9.17) is 0 Å². The van der Waals surface area contributed by atoms with Gasteiger partial charge in [0.15, 0.2) is 0 Å². The molecular formula is C17H24N2O. The van der Waals surface area contributed by atoms with Gasteiger partial charge < -0.3 is 4.90 Å². The summed E-state index contributed by atoms with van der Waals surface area (Å²) in [6.07, 6.45) is 3.21. The van der Waals surface area contributed by atoms with E-state index in [2.05, 4.69) is 55.3 Å². The second-order valence-corrected chi connectivity index (χ2v) is 6.42. The van der Waals surface area contributed by atoms with Crippen LogP contribution in [-0.4, -0.2) is 22.9 Å². The summed E-state index contributed by atoms with van der Waals surface area (Å²) in [5.74, 6) is 1.04. The number of benzene rings is 1. The summed E-state index contributed by atoms with van der Waals surface area (Å²) in [6, 6.07) is 8.91. The smallest absolute Gasteiger partial charge is 0.241 e. The van der Waals surface area contributed by atoms with Gasteiger partial charge in [0.2, 0.25) is 5.91 Å². The van der Waals surface area contributed by atoms with Crippen LogP contribution in [0.15, 0.2) is 24.3 Å². The van der Waals surface area contributed by atoms with Gasteiger partial charge >= 0.3 is 0 Å². The minimum Gasteiger partial charge on any atom is -0.319 e. The van der Waals surface area contributed by atoms with Gasteiger partial charge in [0, 0.05) is 6.04 Å². The van der Waals surface area contributed by atoms with Crippen LogP contribution < -0.4 is 5.32 Å². The van der Waals surface area contributed by atoms with E-state index in [9.17, 15) is 4.79 Å². The van der Waals surface area contributed by atoms with Crippen LogP contribution in [0.2, 0.25) is 0 Å². The third-order valence-electron chi connectivity index (χ3n) is 4.70. The van der Waals surface area contributed by atoms with Gasteiger partial charge in [0.25, 0.3) is 0 Å². The lowest BCUT2D eigenvalue weighted by Crippen LogP contribution is -2.47. The Kier molecular flexibility index (Phi) is 3.55. The second kappa shape index (κ2) is 5.21. The minimum absolute atomic E-state index is 0.0172. The first-order valence-electron chi connectivity index (χ1n) is 7.75. The summed E-state index contributed by atoms with van der Waals surface area (Å²) < 4.78 is 0. The van der Waals surface area contributed by atoms with Crippen LogP contribution in [0.25, 0.3) is 0 Å². The Bertz CT molecular complexity index is 507. The summed E-state index contributed by atoms with van der Waals surface area (Å²) in [6.45, 7) is 6.45. The van der Waals surface area contributed by atoms with Gasteiger partial charge in [-0.25, -0.2) is 0 Å². The standard InChI is InChI=1S/C17H24N2O/c1-4-15-17(20)19(14-9-12(3)10-14)16(18-15)13-7-5-6-11(2)8-13/h5-8,12,14-16,18H,4,9-10H2,1-3H3. The lowest BCUT2D eigenvalue weighted by atomic mass is 9.80. The summed E-state index contributed by atoms with van der Waals surface area (Å²) >= 11 is 0. The average Bonchev–Trinajstić information content (AvgIpc) is 2.72. The molecule has 1 aliphatic carbocycles. The Balaban J connectivity index is 1.89. The number of hydrogen-bond donors (Lipinski definition) is 1. The van der Waals surface area contributed by atoms with Crippen molar-refractivity contribution in [1.82, 2.24) is 10.2 Å². The van der Waals surface area contributed by atoms with Crippen molar-refractivity contribution in [3.8, 4) is 0 Å². The van der Waals surface area contributed by atoms with Crippen molar-refractivity contribution in [3.05, 3.63) is 35.4 Å². The van der Waals surface area contributed by atoms with E-state index in [0.717, 1.165) is 25.2 Å². The largest absolute Gasteiger partial charge is 0.319 e. The van der Waals surface area contributed by atoms with Crippen molar-refractivity contribution in [2.45, 2.75) is 58.3 Å². The quantitative estimate of drug-likeness (QED) is 0.917. The molecule has 2 unspecified atom stereocenters. The number of rotatable bonds is 3. The highest BCUT2D eigenvalue weighted by molar-refractivity contribution is 5.85. The van der Waals surface area contributed by atoms with Gasteiger partial charge in [-0.3, -0.25) is 10.1 Å². The molecule has 3 rings (SSSR count). The Morgan fingerprint density at radius 2 is 2.10 bits per heavy atom. The second-order valence-electron chi connectivity index (χ2n) is 6.42. The predicted octanol–water partition coefficient (Wildman–Crippen LogP) is 3.00. The van der Waals surface area contributed by atoms with Crippen molar-refractivity contribution >= 4 is 5.91 Å². The SMILES string of the molecule is CCC1NC(c2cccc(C)c2)N(C2CC(C)C2)C1=O. The third-order valence-corrected chi connectivity index (χ3v) is 4.70. The maximum atomic E-state index is 12.6. The minimum atomic E-state index is -0.0172. The van der Waals surface area contributed by atoms with E-state index >= 15 is 0 Å². The lowest BCUT2D eigenvalue weighted by Gasteiger charge is -2.42. The predicted molar refractivity (Wildman–Crippen MR) is 80.2 cm³/mol. The summed E-state index contributed by atoms with van der Waals surface area (Å²) in [5.41, 5.74) is 2.47. The van der Waals surface area contributed by atoms with E-state index in [1.165, 1.54) is 11.1 Å². The molecule has 2 atom stereocenters. The Morgan fingerprint density at radius 3 is 2.70 bits per heavy atom. The number of nitrogens with zero attached hydrogens (tertiary/aromatic N) is 1. The zero-order chi connectivity index (χ0) is 14.3. The molecule has 20 heavy (non-hydrogen) atoms. The fraction of sp³-hybridized carbons (Fsp3) is 0.588. The maximum Gasteiger partial charge on any atom is 0.241 e. The molecule has 0 spiro atoms. The molecule has 3 nitrogen and oxygen atoms in total. The Hall–Kier alpha value is -1.35. The molecule has 3 heteroatoms. The number of amides is 1. The van der Waals surface area contributed by atoms with E-state index < -0.39 is 0 Å². The first kappa shape index (κ1) is 13.6. The van der Waals surface area contributed by atoms with Gasteiger partial charge in [0.1, 0.15) is 6.17 Å². The molecule has 0 aromatic heterocycles. The van der Waals surface area contributed by atoms with Crippen LogP contribution in [0.1, 0.15) is 50.4 Å². The molecule has 0 bridgehead atoms. The van der Waals surface area contributed by atoms with Crippen LogP contribution in [0.5, 0.6) is 0 Å². The number of carbonyl (C=O) groups is 1. The van der Waals surface area contributed by atoms with Gasteiger partial charge in [-0.15, -0.1) is 0 Å². The van der Waals surface area contributed by atoms with Crippen LogP contribution in [-0.2, 0) is 4.79 Å². The van der Waals surface area contributed by atoms with Gasteiger partial charge in [0.05, 0.1) is 6.04 Å². The van der Waals surface area contributed by atoms with E-state index in [-0.39, 0.29) is 18.1 Å². The number of aryl methyl sites for hydroxylation is 1. The van der Waals surface area contributed by atoms with Crippen molar-refractivity contribution < 1.29 is 4.79 Å². The Morgan fingerprint density at radius 1 is 1.35 bits per heavy atom. The Labute approximate surface area is 121 Å². The van der Waals surface area contributed by atoms with Crippen molar-refractivity contribution in [1.29, 1.82) is 0 Å². The van der Waals surface area contributed by atoms with Gasteiger partial charge in [-0.05, 0) is 37.7 Å². The highest BCUT2D eigenvalue weighted by Crippen LogP contribution is 2.38. The highest BCUT2D eigenvalue weighted by atomic mass is 16.2. The third kappa shape index (κ3) is 2.24. The first-order valence-corrected chi connectivity index (χ1v) is 7.75. The molecule has 1 heterocycles. The topological polar surface area (TPSA) is 32.3 Å². The van der Waals surface area contributed by atoms with Crippen molar-refractivity contribution in [2.75, 3.05) is 0 Å². The van der Waals surface area contributed by atoms with Crippen LogP contribution in [0.3, 0.4) is 0 Å². The van der Waals surface area contributed by atoms with Crippen LogP contribution in [0, 0.1) is 12.8 Å². The zero-order valence-corrected chi connectivity index (χ0v) is 12.6. The van der Waals surface area contributed by atoms with E-state index in [1.807, 2.05) is 0 Å². The highest BCUT2D eigenvalue weighted by Gasteiger charge is 2.45. The molecule has 2 fully saturated rings. The normalized spacial score (nSPS) is 33.4. The number of nitrogens with one attached hydrogen (secondary N) is 1. The lowest BCUT2D eigenvalue weighted by molar-refractivity contribution is -0.135. The van der Waals surface area contributed by atoms with Crippen LogP contribution in [0.4, 0.5) is 0 Å². The van der Waals surface area contributed by atoms with Crippen LogP contribution >= 0.6 is 0 Å².